The molecule has 29 heavy (non-hydrogen) atoms. The molecule has 3 aromatic rings. The molecule has 0 amide bonds. The first-order valence-corrected chi connectivity index (χ1v) is 9.50. The van der Waals surface area contributed by atoms with E-state index in [9.17, 15) is 9.59 Å². The van der Waals surface area contributed by atoms with Gasteiger partial charge in [0.25, 0.3) is 0 Å². The van der Waals surface area contributed by atoms with E-state index in [0.717, 1.165) is 0 Å². The molecule has 0 N–H and O–H groups in total. The van der Waals surface area contributed by atoms with Crippen LogP contribution in [-0.2, 0) is 0 Å². The highest BCUT2D eigenvalue weighted by molar-refractivity contribution is 6.35. The molecule has 0 aromatic heterocycles. The minimum atomic E-state index is -0.485. The van der Waals surface area contributed by atoms with Crippen molar-refractivity contribution in [2.45, 2.75) is 6.92 Å². The second kappa shape index (κ2) is 7.74. The Hall–Kier alpha value is -3.08. The Morgan fingerprint density at radius 1 is 1.03 bits per heavy atom. The minimum Gasteiger partial charge on any atom is -0.452 e. The summed E-state index contributed by atoms with van der Waals surface area (Å²) in [5.41, 5.74) is 2.01. The number of hydrogen-bond acceptors (Lipinski definition) is 4. The molecule has 0 fully saturated rings. The quantitative estimate of drug-likeness (QED) is 0.288. The summed E-state index contributed by atoms with van der Waals surface area (Å²) in [5.74, 6) is 0.0801. The van der Waals surface area contributed by atoms with Gasteiger partial charge in [-0.25, -0.2) is 4.79 Å². The maximum absolute atomic E-state index is 12.7. The summed E-state index contributed by atoms with van der Waals surface area (Å²) < 4.78 is 11.3. The molecule has 3 aromatic carbocycles. The highest BCUT2D eigenvalue weighted by Gasteiger charge is 2.30. The molecule has 0 radical (unpaired) electrons. The van der Waals surface area contributed by atoms with Crippen molar-refractivity contribution in [2.75, 3.05) is 0 Å². The van der Waals surface area contributed by atoms with Gasteiger partial charge in [0.05, 0.1) is 11.1 Å². The number of carbonyl (C=O) groups excluding carboxylic acids is 2. The fraction of sp³-hybridized carbons (Fsp3) is 0.0435. The van der Waals surface area contributed by atoms with Crippen LogP contribution in [0.2, 0.25) is 10.0 Å². The topological polar surface area (TPSA) is 52.6 Å². The third-order valence-electron chi connectivity index (χ3n) is 4.50. The van der Waals surface area contributed by atoms with Crippen molar-refractivity contribution < 1.29 is 19.1 Å². The summed E-state index contributed by atoms with van der Waals surface area (Å²) in [6, 6.07) is 16.8. The van der Waals surface area contributed by atoms with Crippen LogP contribution in [0, 0.1) is 6.92 Å². The highest BCUT2D eigenvalue weighted by Crippen LogP contribution is 2.40. The van der Waals surface area contributed by atoms with Crippen LogP contribution in [0.5, 0.6) is 11.5 Å². The Balaban J connectivity index is 1.63. The number of ketones is 1. The number of esters is 1. The lowest BCUT2D eigenvalue weighted by Gasteiger charge is -2.10. The van der Waals surface area contributed by atoms with Gasteiger partial charge in [0.2, 0.25) is 5.78 Å². The average molecular weight is 425 g/mol. The number of ether oxygens (including phenoxy) is 2. The molecule has 6 heteroatoms. The van der Waals surface area contributed by atoms with Gasteiger partial charge in [-0.2, -0.15) is 0 Å². The van der Waals surface area contributed by atoms with Crippen LogP contribution in [0.25, 0.3) is 6.08 Å². The lowest BCUT2D eigenvalue weighted by atomic mass is 10.1. The van der Waals surface area contributed by atoms with E-state index in [1.807, 2.05) is 6.07 Å². The van der Waals surface area contributed by atoms with Gasteiger partial charge in [0.15, 0.2) is 5.76 Å². The summed E-state index contributed by atoms with van der Waals surface area (Å²) in [7, 11) is 0. The standard InChI is InChI=1S/C23H14Cl2O4/c1-13-19(29-23(27)14-5-3-2-4-6-14)10-9-17-21(26)20(28-22(13)17)11-15-7-8-16(24)12-18(15)25/h2-12H,1H3/b20-11-. The first-order chi connectivity index (χ1) is 13.9. The van der Waals surface area contributed by atoms with Crippen molar-refractivity contribution in [3.8, 4) is 11.5 Å². The number of Topliss-reactive ketones (excluding diaryl/α,β-unsaturated/α-hetero) is 1. The number of rotatable bonds is 3. The van der Waals surface area contributed by atoms with E-state index >= 15 is 0 Å². The molecule has 144 valence electrons. The van der Waals surface area contributed by atoms with Crippen molar-refractivity contribution in [3.63, 3.8) is 0 Å². The zero-order valence-corrected chi connectivity index (χ0v) is 16.8. The van der Waals surface area contributed by atoms with Crippen molar-refractivity contribution in [1.82, 2.24) is 0 Å². The summed E-state index contributed by atoms with van der Waals surface area (Å²) >= 11 is 12.1. The SMILES string of the molecule is Cc1c(OC(=O)c2ccccc2)ccc2c1O/C(=C\c1ccc(Cl)cc1Cl)C2=O. The molecule has 4 nitrogen and oxygen atoms in total. The molecule has 4 rings (SSSR count). The van der Waals surface area contributed by atoms with Gasteiger partial charge in [0, 0.05) is 15.6 Å². The molecular weight excluding hydrogens is 411 g/mol. The van der Waals surface area contributed by atoms with Crippen LogP contribution >= 0.6 is 23.2 Å². The molecule has 1 aliphatic heterocycles. The molecule has 0 aliphatic carbocycles. The van der Waals surface area contributed by atoms with E-state index in [-0.39, 0.29) is 11.5 Å². The van der Waals surface area contributed by atoms with E-state index in [2.05, 4.69) is 0 Å². The fourth-order valence-electron chi connectivity index (χ4n) is 2.97. The van der Waals surface area contributed by atoms with Crippen molar-refractivity contribution >= 4 is 41.0 Å². The number of halogens is 2. The number of carbonyl (C=O) groups is 2. The fourth-order valence-corrected chi connectivity index (χ4v) is 3.43. The summed E-state index contributed by atoms with van der Waals surface area (Å²) in [5, 5.41) is 0.909. The average Bonchev–Trinajstić information content (AvgIpc) is 3.03. The Kier molecular flexibility index (Phi) is 5.14. The number of benzene rings is 3. The Bertz CT molecular complexity index is 1170. The third kappa shape index (κ3) is 3.77. The van der Waals surface area contributed by atoms with Gasteiger partial charge < -0.3 is 9.47 Å². The monoisotopic (exact) mass is 424 g/mol. The van der Waals surface area contributed by atoms with Gasteiger partial charge >= 0.3 is 5.97 Å². The van der Waals surface area contributed by atoms with E-state index in [4.69, 9.17) is 32.7 Å². The lowest BCUT2D eigenvalue weighted by Crippen LogP contribution is -2.09. The lowest BCUT2D eigenvalue weighted by molar-refractivity contribution is 0.0733. The normalized spacial score (nSPS) is 13.9. The number of hydrogen-bond donors (Lipinski definition) is 0. The number of fused-ring (bicyclic) bond motifs is 1. The Morgan fingerprint density at radius 3 is 2.52 bits per heavy atom. The summed E-state index contributed by atoms with van der Waals surface area (Å²) in [4.78, 5) is 25.1. The largest absolute Gasteiger partial charge is 0.452 e. The van der Waals surface area contributed by atoms with Gasteiger partial charge in [-0.1, -0.05) is 47.5 Å². The molecular formula is C23H14Cl2O4. The highest BCUT2D eigenvalue weighted by atomic mass is 35.5. The van der Waals surface area contributed by atoms with Gasteiger partial charge in [-0.15, -0.1) is 0 Å². The molecule has 0 saturated heterocycles. The smallest absolute Gasteiger partial charge is 0.343 e. The number of allylic oxidation sites excluding steroid dienone is 1. The van der Waals surface area contributed by atoms with Gasteiger partial charge in [-0.3, -0.25) is 4.79 Å². The molecule has 1 heterocycles. The molecule has 0 saturated carbocycles. The van der Waals surface area contributed by atoms with Crippen molar-refractivity contribution in [1.29, 1.82) is 0 Å². The van der Waals surface area contributed by atoms with Gasteiger partial charge in [-0.05, 0) is 55.0 Å². The summed E-state index contributed by atoms with van der Waals surface area (Å²) in [6.45, 7) is 1.73. The third-order valence-corrected chi connectivity index (χ3v) is 5.06. The van der Waals surface area contributed by atoms with E-state index in [1.165, 1.54) is 0 Å². The van der Waals surface area contributed by atoms with Crippen LogP contribution < -0.4 is 9.47 Å². The predicted octanol–water partition coefficient (Wildman–Crippen LogP) is 6.14. The van der Waals surface area contributed by atoms with Crippen molar-refractivity contribution in [2.24, 2.45) is 0 Å². The van der Waals surface area contributed by atoms with Crippen LogP contribution in [0.1, 0.15) is 31.8 Å². The Labute approximate surface area is 177 Å². The van der Waals surface area contributed by atoms with E-state index in [0.29, 0.717) is 43.8 Å². The van der Waals surface area contributed by atoms with Crippen molar-refractivity contribution in [3.05, 3.63) is 98.7 Å². The first kappa shape index (κ1) is 19.2. The van der Waals surface area contributed by atoms with Crippen LogP contribution in [0.4, 0.5) is 0 Å². The molecule has 0 bridgehead atoms. The molecule has 0 unspecified atom stereocenters. The molecule has 0 spiro atoms. The van der Waals surface area contributed by atoms with Crippen LogP contribution in [-0.4, -0.2) is 11.8 Å². The van der Waals surface area contributed by atoms with Crippen LogP contribution in [0.15, 0.2) is 66.4 Å². The van der Waals surface area contributed by atoms with E-state index in [1.54, 1.807) is 67.6 Å². The molecule has 0 atom stereocenters. The van der Waals surface area contributed by atoms with Crippen LogP contribution in [0.3, 0.4) is 0 Å². The second-order valence-corrected chi connectivity index (χ2v) is 7.27. The van der Waals surface area contributed by atoms with E-state index < -0.39 is 5.97 Å². The Morgan fingerprint density at radius 2 is 1.79 bits per heavy atom. The second-order valence-electron chi connectivity index (χ2n) is 6.43. The zero-order chi connectivity index (χ0) is 20.5. The molecule has 1 aliphatic rings. The predicted molar refractivity (Wildman–Crippen MR) is 112 cm³/mol. The first-order valence-electron chi connectivity index (χ1n) is 8.74. The maximum atomic E-state index is 12.7. The zero-order valence-electron chi connectivity index (χ0n) is 15.2. The summed E-state index contributed by atoms with van der Waals surface area (Å²) in [6.07, 6.45) is 1.57. The van der Waals surface area contributed by atoms with Gasteiger partial charge in [0.1, 0.15) is 11.5 Å². The maximum Gasteiger partial charge on any atom is 0.343 e. The minimum absolute atomic E-state index is 0.138.